The number of aryl methyl sites for hydroxylation is 1. The fourth-order valence-electron chi connectivity index (χ4n) is 2.60. The molecule has 7 heteroatoms. The van der Waals surface area contributed by atoms with Crippen molar-refractivity contribution in [1.82, 2.24) is 9.78 Å². The van der Waals surface area contributed by atoms with Gasteiger partial charge in [0.15, 0.2) is 0 Å². The van der Waals surface area contributed by atoms with Gasteiger partial charge in [-0.15, -0.1) is 0 Å². The number of anilines is 1. The Bertz CT molecular complexity index is 998. The molecule has 1 N–H and O–H groups in total. The number of aromatic nitrogens is 2. The van der Waals surface area contributed by atoms with E-state index in [9.17, 15) is 12.8 Å². The molecule has 0 atom stereocenters. The van der Waals surface area contributed by atoms with Crippen molar-refractivity contribution in [1.29, 1.82) is 0 Å². The maximum Gasteiger partial charge on any atom is 0.262 e. The van der Waals surface area contributed by atoms with Crippen LogP contribution in [-0.2, 0) is 16.6 Å². The van der Waals surface area contributed by atoms with Crippen molar-refractivity contribution in [3.8, 4) is 0 Å². The van der Waals surface area contributed by atoms with Gasteiger partial charge in [0, 0.05) is 0 Å². The van der Waals surface area contributed by atoms with Crippen molar-refractivity contribution < 1.29 is 12.8 Å². The molecule has 0 aliphatic carbocycles. The molecule has 0 saturated heterocycles. The first-order valence-corrected chi connectivity index (χ1v) is 9.21. The van der Waals surface area contributed by atoms with Crippen molar-refractivity contribution in [3.05, 3.63) is 77.4 Å². The highest BCUT2D eigenvalue weighted by atomic mass is 32.2. The fourth-order valence-corrected chi connectivity index (χ4v) is 3.80. The standard InChI is InChI=1S/C18H18FN3O2S/c1-13-18(21-25(23,24)17-9-4-3-5-10-17)14(2)22(20-13)12-15-7-6-8-16(19)11-15/h3-11,21H,12H2,1-2H3. The highest BCUT2D eigenvalue weighted by molar-refractivity contribution is 7.92. The largest absolute Gasteiger partial charge is 0.276 e. The molecule has 0 aliphatic rings. The number of rotatable bonds is 5. The Morgan fingerprint density at radius 2 is 1.80 bits per heavy atom. The van der Waals surface area contributed by atoms with E-state index >= 15 is 0 Å². The van der Waals surface area contributed by atoms with Gasteiger partial charge in [0.2, 0.25) is 0 Å². The van der Waals surface area contributed by atoms with Crippen LogP contribution in [-0.4, -0.2) is 18.2 Å². The van der Waals surface area contributed by atoms with E-state index in [1.54, 1.807) is 48.9 Å². The van der Waals surface area contributed by atoms with Gasteiger partial charge in [-0.3, -0.25) is 9.40 Å². The zero-order valence-electron chi connectivity index (χ0n) is 13.9. The van der Waals surface area contributed by atoms with Crippen molar-refractivity contribution in [3.63, 3.8) is 0 Å². The fraction of sp³-hybridized carbons (Fsp3) is 0.167. The van der Waals surface area contributed by atoms with Crippen LogP contribution in [0, 0.1) is 19.7 Å². The van der Waals surface area contributed by atoms with Gasteiger partial charge >= 0.3 is 0 Å². The van der Waals surface area contributed by atoms with Crippen LogP contribution in [0.5, 0.6) is 0 Å². The van der Waals surface area contributed by atoms with Gasteiger partial charge < -0.3 is 0 Å². The van der Waals surface area contributed by atoms with Crippen LogP contribution < -0.4 is 4.72 Å². The highest BCUT2D eigenvalue weighted by Gasteiger charge is 2.19. The van der Waals surface area contributed by atoms with Gasteiger partial charge in [0.25, 0.3) is 10.0 Å². The molecule has 3 aromatic rings. The predicted molar refractivity (Wildman–Crippen MR) is 94.5 cm³/mol. The Morgan fingerprint density at radius 3 is 2.48 bits per heavy atom. The molecule has 0 unspecified atom stereocenters. The van der Waals surface area contributed by atoms with Gasteiger partial charge in [-0.1, -0.05) is 30.3 Å². The molecule has 0 fully saturated rings. The van der Waals surface area contributed by atoms with Crippen LogP contribution in [0.3, 0.4) is 0 Å². The second-order valence-corrected chi connectivity index (χ2v) is 7.43. The van der Waals surface area contributed by atoms with E-state index in [1.165, 1.54) is 24.3 Å². The minimum Gasteiger partial charge on any atom is -0.276 e. The number of hydrogen-bond acceptors (Lipinski definition) is 3. The van der Waals surface area contributed by atoms with E-state index in [4.69, 9.17) is 0 Å². The average Bonchev–Trinajstić information content (AvgIpc) is 2.83. The molecular formula is C18H18FN3O2S. The maximum atomic E-state index is 13.3. The van der Waals surface area contributed by atoms with Crippen molar-refractivity contribution in [2.75, 3.05) is 4.72 Å². The SMILES string of the molecule is Cc1nn(Cc2cccc(F)c2)c(C)c1NS(=O)(=O)c1ccccc1. The molecular weight excluding hydrogens is 341 g/mol. The first-order chi connectivity index (χ1) is 11.9. The van der Waals surface area contributed by atoms with E-state index in [1.807, 2.05) is 0 Å². The van der Waals surface area contributed by atoms with Crippen LogP contribution >= 0.6 is 0 Å². The van der Waals surface area contributed by atoms with Gasteiger partial charge in [-0.05, 0) is 43.7 Å². The van der Waals surface area contributed by atoms with Crippen LogP contribution in [0.2, 0.25) is 0 Å². The van der Waals surface area contributed by atoms with Gasteiger partial charge in [0.1, 0.15) is 5.82 Å². The lowest BCUT2D eigenvalue weighted by atomic mass is 10.2. The Kier molecular flexibility index (Phi) is 4.59. The second kappa shape index (κ2) is 6.68. The third kappa shape index (κ3) is 3.71. The van der Waals surface area contributed by atoms with Gasteiger partial charge in [-0.2, -0.15) is 5.10 Å². The van der Waals surface area contributed by atoms with Crippen LogP contribution in [0.25, 0.3) is 0 Å². The van der Waals surface area contributed by atoms with Crippen LogP contribution in [0.4, 0.5) is 10.1 Å². The summed E-state index contributed by atoms with van der Waals surface area (Å²) in [5, 5.41) is 4.38. The summed E-state index contributed by atoms with van der Waals surface area (Å²) >= 11 is 0. The minimum atomic E-state index is -3.69. The van der Waals surface area contributed by atoms with Crippen LogP contribution in [0.15, 0.2) is 59.5 Å². The van der Waals surface area contributed by atoms with E-state index in [0.29, 0.717) is 23.6 Å². The normalized spacial score (nSPS) is 11.5. The molecule has 0 saturated carbocycles. The smallest absolute Gasteiger partial charge is 0.262 e. The summed E-state index contributed by atoms with van der Waals surface area (Å²) in [6, 6.07) is 14.4. The Morgan fingerprint density at radius 1 is 1.08 bits per heavy atom. The summed E-state index contributed by atoms with van der Waals surface area (Å²) < 4.78 is 42.6. The molecule has 0 amide bonds. The highest BCUT2D eigenvalue weighted by Crippen LogP contribution is 2.24. The lowest BCUT2D eigenvalue weighted by Crippen LogP contribution is -2.14. The Labute approximate surface area is 146 Å². The number of nitrogens with zero attached hydrogens (tertiary/aromatic N) is 2. The lowest BCUT2D eigenvalue weighted by Gasteiger charge is -2.09. The molecule has 1 aromatic heterocycles. The zero-order chi connectivity index (χ0) is 18.0. The number of halogens is 1. The summed E-state index contributed by atoms with van der Waals surface area (Å²) in [4.78, 5) is 0.187. The van der Waals surface area contributed by atoms with Crippen molar-refractivity contribution in [2.45, 2.75) is 25.3 Å². The van der Waals surface area contributed by atoms with E-state index in [0.717, 1.165) is 5.56 Å². The molecule has 0 bridgehead atoms. The molecule has 0 radical (unpaired) electrons. The van der Waals surface area contributed by atoms with Crippen LogP contribution in [0.1, 0.15) is 17.0 Å². The molecule has 130 valence electrons. The average molecular weight is 359 g/mol. The molecule has 0 aliphatic heterocycles. The lowest BCUT2D eigenvalue weighted by molar-refractivity contribution is 0.601. The number of hydrogen-bond donors (Lipinski definition) is 1. The summed E-state index contributed by atoms with van der Waals surface area (Å²) in [5.41, 5.74) is 2.43. The second-order valence-electron chi connectivity index (χ2n) is 5.75. The Balaban J connectivity index is 1.90. The summed E-state index contributed by atoms with van der Waals surface area (Å²) in [5.74, 6) is -0.316. The monoisotopic (exact) mass is 359 g/mol. The topological polar surface area (TPSA) is 64.0 Å². The van der Waals surface area contributed by atoms with Crippen molar-refractivity contribution >= 4 is 15.7 Å². The predicted octanol–water partition coefficient (Wildman–Crippen LogP) is 3.49. The first kappa shape index (κ1) is 17.2. The third-order valence-electron chi connectivity index (χ3n) is 3.89. The van der Waals surface area contributed by atoms with E-state index in [2.05, 4.69) is 9.82 Å². The van der Waals surface area contributed by atoms with Gasteiger partial charge in [-0.25, -0.2) is 12.8 Å². The van der Waals surface area contributed by atoms with E-state index in [-0.39, 0.29) is 10.7 Å². The molecule has 0 spiro atoms. The Hall–Kier alpha value is -2.67. The molecule has 1 heterocycles. The molecule has 25 heavy (non-hydrogen) atoms. The molecule has 5 nitrogen and oxygen atoms in total. The number of sulfonamides is 1. The number of benzene rings is 2. The summed E-state index contributed by atoms with van der Waals surface area (Å²) in [6.07, 6.45) is 0. The molecule has 3 rings (SSSR count). The third-order valence-corrected chi connectivity index (χ3v) is 5.26. The number of nitrogens with one attached hydrogen (secondary N) is 1. The minimum absolute atomic E-state index is 0.187. The zero-order valence-corrected chi connectivity index (χ0v) is 14.7. The van der Waals surface area contributed by atoms with Gasteiger partial charge in [0.05, 0.1) is 28.5 Å². The quantitative estimate of drug-likeness (QED) is 0.758. The summed E-state index contributed by atoms with van der Waals surface area (Å²) in [7, 11) is -3.69. The summed E-state index contributed by atoms with van der Waals surface area (Å²) in [6.45, 7) is 3.87. The molecule has 2 aromatic carbocycles. The van der Waals surface area contributed by atoms with E-state index < -0.39 is 10.0 Å². The van der Waals surface area contributed by atoms with Crippen molar-refractivity contribution in [2.24, 2.45) is 0 Å². The maximum absolute atomic E-state index is 13.3. The first-order valence-electron chi connectivity index (χ1n) is 7.73.